The molecule has 0 aliphatic heterocycles. The molecule has 1 nitrogen and oxygen atoms in total. The summed E-state index contributed by atoms with van der Waals surface area (Å²) < 4.78 is 0. The summed E-state index contributed by atoms with van der Waals surface area (Å²) in [5.41, 5.74) is 0. The van der Waals surface area contributed by atoms with Crippen molar-refractivity contribution in [3.63, 3.8) is 0 Å². The predicted molar refractivity (Wildman–Crippen MR) is 61.3 cm³/mol. The van der Waals surface area contributed by atoms with Crippen molar-refractivity contribution < 1.29 is 0 Å². The second-order valence-corrected chi connectivity index (χ2v) is 5.31. The number of rotatable bonds is 3. The standard InChI is InChI=1S/C13H25N/c1-14-10-12-6-3-2-4-9-13(12)11-7-5-8-11/h11-14H,2-10H2,1H3. The number of nitrogens with one attached hydrogen (secondary N) is 1. The molecule has 0 radical (unpaired) electrons. The van der Waals surface area contributed by atoms with Gasteiger partial charge in [-0.1, -0.05) is 38.5 Å². The Kier molecular flexibility index (Phi) is 3.86. The van der Waals surface area contributed by atoms with Crippen LogP contribution in [-0.4, -0.2) is 13.6 Å². The van der Waals surface area contributed by atoms with E-state index in [1.54, 1.807) is 0 Å². The molecule has 1 N–H and O–H groups in total. The summed E-state index contributed by atoms with van der Waals surface area (Å²) in [6.07, 6.45) is 12.1. The first-order chi connectivity index (χ1) is 6.92. The Morgan fingerprint density at radius 1 is 0.929 bits per heavy atom. The van der Waals surface area contributed by atoms with Gasteiger partial charge in [-0.2, -0.15) is 0 Å². The third-order valence-electron chi connectivity index (χ3n) is 4.44. The van der Waals surface area contributed by atoms with E-state index in [2.05, 4.69) is 12.4 Å². The lowest BCUT2D eigenvalue weighted by molar-refractivity contribution is 0.134. The van der Waals surface area contributed by atoms with Crippen LogP contribution in [0.4, 0.5) is 0 Å². The predicted octanol–water partition coefficient (Wildman–Crippen LogP) is 3.20. The lowest BCUT2D eigenvalue weighted by Crippen LogP contribution is -2.33. The van der Waals surface area contributed by atoms with Crippen LogP contribution in [0.5, 0.6) is 0 Å². The molecular formula is C13H25N. The maximum atomic E-state index is 3.40. The molecule has 0 amide bonds. The summed E-state index contributed by atoms with van der Waals surface area (Å²) in [5.74, 6) is 3.16. The molecule has 0 spiro atoms. The number of hydrogen-bond acceptors (Lipinski definition) is 1. The van der Waals surface area contributed by atoms with Crippen molar-refractivity contribution in [2.45, 2.75) is 51.4 Å². The molecule has 2 unspecified atom stereocenters. The topological polar surface area (TPSA) is 12.0 Å². The molecule has 2 rings (SSSR count). The summed E-state index contributed by atoms with van der Waals surface area (Å²) in [6, 6.07) is 0. The molecule has 2 aliphatic carbocycles. The van der Waals surface area contributed by atoms with Crippen LogP contribution in [0.15, 0.2) is 0 Å². The van der Waals surface area contributed by atoms with Crippen molar-refractivity contribution in [3.8, 4) is 0 Å². The van der Waals surface area contributed by atoms with Gasteiger partial charge < -0.3 is 5.32 Å². The van der Waals surface area contributed by atoms with Crippen LogP contribution in [0, 0.1) is 17.8 Å². The minimum atomic E-state index is 0.993. The van der Waals surface area contributed by atoms with Gasteiger partial charge >= 0.3 is 0 Å². The van der Waals surface area contributed by atoms with E-state index in [1.165, 1.54) is 57.9 Å². The highest BCUT2D eigenvalue weighted by molar-refractivity contribution is 4.84. The SMILES string of the molecule is CNCC1CCCCCC1C1CCC1. The van der Waals surface area contributed by atoms with Gasteiger partial charge in [0.15, 0.2) is 0 Å². The van der Waals surface area contributed by atoms with Gasteiger partial charge in [-0.15, -0.1) is 0 Å². The normalized spacial score (nSPS) is 34.9. The summed E-state index contributed by atoms with van der Waals surface area (Å²) in [7, 11) is 2.11. The van der Waals surface area contributed by atoms with Gasteiger partial charge in [-0.05, 0) is 44.2 Å². The summed E-state index contributed by atoms with van der Waals surface area (Å²) in [5, 5.41) is 3.40. The molecule has 0 aromatic heterocycles. The minimum Gasteiger partial charge on any atom is -0.319 e. The van der Waals surface area contributed by atoms with E-state index in [4.69, 9.17) is 0 Å². The van der Waals surface area contributed by atoms with E-state index in [0.717, 1.165) is 17.8 Å². The van der Waals surface area contributed by atoms with E-state index >= 15 is 0 Å². The second kappa shape index (κ2) is 5.16. The zero-order valence-corrected chi connectivity index (χ0v) is 9.60. The fourth-order valence-corrected chi connectivity index (χ4v) is 3.42. The quantitative estimate of drug-likeness (QED) is 0.682. The highest BCUT2D eigenvalue weighted by Gasteiger charge is 2.33. The first-order valence-electron chi connectivity index (χ1n) is 6.56. The first kappa shape index (κ1) is 10.5. The molecule has 0 bridgehead atoms. The van der Waals surface area contributed by atoms with Crippen LogP contribution in [0.3, 0.4) is 0 Å². The first-order valence-corrected chi connectivity index (χ1v) is 6.56. The van der Waals surface area contributed by atoms with Gasteiger partial charge in [-0.25, -0.2) is 0 Å². The van der Waals surface area contributed by atoms with Crippen LogP contribution >= 0.6 is 0 Å². The second-order valence-electron chi connectivity index (χ2n) is 5.31. The zero-order chi connectivity index (χ0) is 9.80. The zero-order valence-electron chi connectivity index (χ0n) is 9.60. The van der Waals surface area contributed by atoms with Gasteiger partial charge in [0.05, 0.1) is 0 Å². The van der Waals surface area contributed by atoms with E-state index in [0.29, 0.717) is 0 Å². The fraction of sp³-hybridized carbons (Fsp3) is 1.00. The molecular weight excluding hydrogens is 170 g/mol. The minimum absolute atomic E-state index is 0.993. The van der Waals surface area contributed by atoms with Gasteiger partial charge in [-0.3, -0.25) is 0 Å². The maximum Gasteiger partial charge on any atom is -0.00208 e. The molecule has 0 aromatic carbocycles. The summed E-state index contributed by atoms with van der Waals surface area (Å²) in [4.78, 5) is 0. The fourth-order valence-electron chi connectivity index (χ4n) is 3.42. The molecule has 2 aliphatic rings. The molecule has 2 saturated carbocycles. The third-order valence-corrected chi connectivity index (χ3v) is 4.44. The maximum absolute atomic E-state index is 3.40. The Bertz CT molecular complexity index is 163. The summed E-state index contributed by atoms with van der Waals surface area (Å²) in [6.45, 7) is 1.27. The van der Waals surface area contributed by atoms with Crippen molar-refractivity contribution in [3.05, 3.63) is 0 Å². The van der Waals surface area contributed by atoms with Gasteiger partial charge in [0.25, 0.3) is 0 Å². The van der Waals surface area contributed by atoms with Gasteiger partial charge in [0, 0.05) is 0 Å². The number of hydrogen-bond donors (Lipinski definition) is 1. The highest BCUT2D eigenvalue weighted by atomic mass is 14.8. The largest absolute Gasteiger partial charge is 0.319 e. The van der Waals surface area contributed by atoms with E-state index in [9.17, 15) is 0 Å². The summed E-state index contributed by atoms with van der Waals surface area (Å²) >= 11 is 0. The average molecular weight is 195 g/mol. The van der Waals surface area contributed by atoms with E-state index in [1.807, 2.05) is 0 Å². The van der Waals surface area contributed by atoms with Gasteiger partial charge in [0.1, 0.15) is 0 Å². The van der Waals surface area contributed by atoms with Crippen molar-refractivity contribution >= 4 is 0 Å². The molecule has 82 valence electrons. The molecule has 14 heavy (non-hydrogen) atoms. The molecule has 2 atom stereocenters. The van der Waals surface area contributed by atoms with Crippen molar-refractivity contribution in [1.82, 2.24) is 5.32 Å². The lowest BCUT2D eigenvalue weighted by Gasteiger charge is -2.38. The molecule has 0 saturated heterocycles. The Hall–Kier alpha value is -0.0400. The van der Waals surface area contributed by atoms with E-state index in [-0.39, 0.29) is 0 Å². The smallest absolute Gasteiger partial charge is 0.00208 e. The van der Waals surface area contributed by atoms with Crippen LogP contribution in [0.25, 0.3) is 0 Å². The molecule has 1 heteroatoms. The average Bonchev–Trinajstić information content (AvgIpc) is 2.30. The van der Waals surface area contributed by atoms with Gasteiger partial charge in [0.2, 0.25) is 0 Å². The Morgan fingerprint density at radius 3 is 2.36 bits per heavy atom. The van der Waals surface area contributed by atoms with Crippen molar-refractivity contribution in [2.24, 2.45) is 17.8 Å². The van der Waals surface area contributed by atoms with Crippen molar-refractivity contribution in [2.75, 3.05) is 13.6 Å². The van der Waals surface area contributed by atoms with Crippen molar-refractivity contribution in [1.29, 1.82) is 0 Å². The molecule has 2 fully saturated rings. The monoisotopic (exact) mass is 195 g/mol. The Morgan fingerprint density at radius 2 is 1.71 bits per heavy atom. The molecule has 0 heterocycles. The van der Waals surface area contributed by atoms with E-state index < -0.39 is 0 Å². The lowest BCUT2D eigenvalue weighted by atomic mass is 9.69. The third kappa shape index (κ3) is 2.31. The van der Waals surface area contributed by atoms with Crippen LogP contribution in [0.1, 0.15) is 51.4 Å². The Labute approximate surface area is 88.7 Å². The Balaban J connectivity index is 1.91. The highest BCUT2D eigenvalue weighted by Crippen LogP contribution is 2.42. The van der Waals surface area contributed by atoms with Crippen LogP contribution < -0.4 is 5.32 Å². The van der Waals surface area contributed by atoms with Crippen LogP contribution in [0.2, 0.25) is 0 Å². The molecule has 0 aromatic rings. The van der Waals surface area contributed by atoms with Crippen LogP contribution in [-0.2, 0) is 0 Å².